The van der Waals surface area contributed by atoms with Gasteiger partial charge in [-0.1, -0.05) is 30.3 Å². The van der Waals surface area contributed by atoms with Crippen LogP contribution in [0.4, 0.5) is 0 Å². The lowest BCUT2D eigenvalue weighted by atomic mass is 9.91. The van der Waals surface area contributed by atoms with E-state index in [1.165, 1.54) is 19.3 Å². The lowest BCUT2D eigenvalue weighted by molar-refractivity contribution is -0.135. The number of likely N-dealkylation sites (tertiary alicyclic amines) is 1. The Morgan fingerprint density at radius 2 is 1.87 bits per heavy atom. The van der Waals surface area contributed by atoms with Gasteiger partial charge in [-0.3, -0.25) is 9.69 Å². The number of hydrogen-bond donors (Lipinski definition) is 1. The smallest absolute Gasteiger partial charge is 0.244 e. The highest BCUT2D eigenvalue weighted by atomic mass is 35.5. The van der Waals surface area contributed by atoms with Crippen LogP contribution >= 0.6 is 12.4 Å². The first-order chi connectivity index (χ1) is 10.6. The molecule has 130 valence electrons. The van der Waals surface area contributed by atoms with Gasteiger partial charge in [0.05, 0.1) is 0 Å². The van der Waals surface area contributed by atoms with E-state index in [9.17, 15) is 4.79 Å². The number of amides is 1. The zero-order valence-electron chi connectivity index (χ0n) is 14.5. The maximum atomic E-state index is 12.7. The summed E-state index contributed by atoms with van der Waals surface area (Å²) < 4.78 is 0. The van der Waals surface area contributed by atoms with Crippen molar-refractivity contribution in [3.63, 3.8) is 0 Å². The zero-order valence-corrected chi connectivity index (χ0v) is 15.3. The van der Waals surface area contributed by atoms with Crippen LogP contribution in [0.25, 0.3) is 0 Å². The second-order valence-corrected chi connectivity index (χ2v) is 6.42. The molecule has 1 aliphatic heterocycles. The number of halogens is 1. The predicted octanol–water partition coefficient (Wildman–Crippen LogP) is 2.56. The Bertz CT molecular complexity index is 459. The summed E-state index contributed by atoms with van der Waals surface area (Å²) in [5.74, 6) is 0.967. The first-order valence-electron chi connectivity index (χ1n) is 8.28. The van der Waals surface area contributed by atoms with Gasteiger partial charge in [-0.25, -0.2) is 0 Å². The van der Waals surface area contributed by atoms with Crippen LogP contribution in [0.2, 0.25) is 0 Å². The second kappa shape index (κ2) is 9.91. The van der Waals surface area contributed by atoms with E-state index in [1.807, 2.05) is 39.3 Å². The van der Waals surface area contributed by atoms with Crippen molar-refractivity contribution in [3.05, 3.63) is 35.9 Å². The molecule has 0 spiro atoms. The van der Waals surface area contributed by atoms with Gasteiger partial charge in [-0.15, -0.1) is 12.4 Å². The molecular weight excluding hydrogens is 310 g/mol. The number of nitrogens with one attached hydrogen (secondary N) is 1. The van der Waals surface area contributed by atoms with Crippen molar-refractivity contribution in [2.24, 2.45) is 5.92 Å². The van der Waals surface area contributed by atoms with Gasteiger partial charge in [0.15, 0.2) is 0 Å². The molecule has 4 nitrogen and oxygen atoms in total. The van der Waals surface area contributed by atoms with Crippen LogP contribution in [0.15, 0.2) is 30.3 Å². The van der Waals surface area contributed by atoms with Crippen LogP contribution in [0.1, 0.15) is 30.9 Å². The van der Waals surface area contributed by atoms with E-state index in [-0.39, 0.29) is 24.4 Å². The molecule has 1 saturated heterocycles. The van der Waals surface area contributed by atoms with Gasteiger partial charge in [0.2, 0.25) is 5.91 Å². The largest absolute Gasteiger partial charge is 0.347 e. The van der Waals surface area contributed by atoms with Gasteiger partial charge in [-0.2, -0.15) is 0 Å². The van der Waals surface area contributed by atoms with E-state index in [2.05, 4.69) is 22.3 Å². The summed E-state index contributed by atoms with van der Waals surface area (Å²) in [5.41, 5.74) is 1.11. The van der Waals surface area contributed by atoms with Crippen LogP contribution in [0.3, 0.4) is 0 Å². The average Bonchev–Trinajstić information content (AvgIpc) is 2.55. The highest BCUT2D eigenvalue weighted by Gasteiger charge is 2.31. The van der Waals surface area contributed by atoms with Gasteiger partial charge in [-0.05, 0) is 57.4 Å². The number of nitrogens with zero attached hydrogens (tertiary/aromatic N) is 2. The maximum Gasteiger partial charge on any atom is 0.244 e. The Balaban J connectivity index is 0.00000264. The molecule has 0 saturated carbocycles. The number of hydrogen-bond acceptors (Lipinski definition) is 3. The summed E-state index contributed by atoms with van der Waals surface area (Å²) in [6.45, 7) is 3.10. The van der Waals surface area contributed by atoms with Crippen molar-refractivity contribution < 1.29 is 4.79 Å². The molecule has 1 fully saturated rings. The fourth-order valence-electron chi connectivity index (χ4n) is 3.24. The molecule has 0 bridgehead atoms. The van der Waals surface area contributed by atoms with Crippen LogP contribution < -0.4 is 5.32 Å². The minimum absolute atomic E-state index is 0. The number of carbonyl (C=O) groups is 1. The van der Waals surface area contributed by atoms with Gasteiger partial charge >= 0.3 is 0 Å². The molecule has 23 heavy (non-hydrogen) atoms. The van der Waals surface area contributed by atoms with E-state index >= 15 is 0 Å². The second-order valence-electron chi connectivity index (χ2n) is 6.42. The molecular formula is C18H30ClN3O. The molecule has 1 heterocycles. The Morgan fingerprint density at radius 1 is 1.26 bits per heavy atom. The molecule has 0 aliphatic carbocycles. The Morgan fingerprint density at radius 3 is 2.39 bits per heavy atom. The molecule has 1 amide bonds. The maximum absolute atomic E-state index is 12.7. The summed E-state index contributed by atoms with van der Waals surface area (Å²) in [6, 6.07) is 10.0. The van der Waals surface area contributed by atoms with Gasteiger partial charge in [0.1, 0.15) is 6.04 Å². The van der Waals surface area contributed by atoms with E-state index in [0.717, 1.165) is 31.1 Å². The van der Waals surface area contributed by atoms with E-state index < -0.39 is 0 Å². The summed E-state index contributed by atoms with van der Waals surface area (Å²) in [7, 11) is 5.70. The third kappa shape index (κ3) is 5.48. The monoisotopic (exact) mass is 339 g/mol. The molecule has 1 N–H and O–H groups in total. The third-order valence-electron chi connectivity index (χ3n) is 4.61. The third-order valence-corrected chi connectivity index (χ3v) is 4.61. The van der Waals surface area contributed by atoms with Crippen molar-refractivity contribution in [1.82, 2.24) is 15.1 Å². The fourth-order valence-corrected chi connectivity index (χ4v) is 3.24. The molecule has 0 radical (unpaired) electrons. The van der Waals surface area contributed by atoms with Crippen LogP contribution in [0.5, 0.6) is 0 Å². The Kier molecular flexibility index (Phi) is 8.59. The van der Waals surface area contributed by atoms with Crippen LogP contribution in [-0.2, 0) is 4.79 Å². The summed E-state index contributed by atoms with van der Waals surface area (Å²) >= 11 is 0. The molecule has 0 aromatic heterocycles. The number of carbonyl (C=O) groups excluding carboxylic acids is 1. The predicted molar refractivity (Wildman–Crippen MR) is 98.0 cm³/mol. The van der Waals surface area contributed by atoms with Crippen LogP contribution in [0, 0.1) is 5.92 Å². The Hall–Kier alpha value is -1.10. The van der Waals surface area contributed by atoms with Gasteiger partial charge in [0, 0.05) is 14.1 Å². The molecule has 2 rings (SSSR count). The highest BCUT2D eigenvalue weighted by molar-refractivity contribution is 5.85. The summed E-state index contributed by atoms with van der Waals surface area (Å²) in [4.78, 5) is 16.7. The lowest BCUT2D eigenvalue weighted by Gasteiger charge is -2.38. The molecule has 1 atom stereocenters. The van der Waals surface area contributed by atoms with E-state index in [4.69, 9.17) is 0 Å². The number of rotatable bonds is 6. The average molecular weight is 340 g/mol. The highest BCUT2D eigenvalue weighted by Crippen LogP contribution is 2.29. The van der Waals surface area contributed by atoms with Crippen LogP contribution in [-0.4, -0.2) is 56.5 Å². The molecule has 1 aromatic rings. The SMILES string of the molecule is CNCCC1CCN(C(C(=O)N(C)C)c2ccccc2)CC1.Cl. The molecule has 1 aromatic carbocycles. The van der Waals surface area contributed by atoms with Crippen molar-refractivity contribution in [1.29, 1.82) is 0 Å². The number of benzene rings is 1. The van der Waals surface area contributed by atoms with Crippen molar-refractivity contribution in [2.45, 2.75) is 25.3 Å². The van der Waals surface area contributed by atoms with Gasteiger partial charge in [0.25, 0.3) is 0 Å². The van der Waals surface area contributed by atoms with Crippen molar-refractivity contribution >= 4 is 18.3 Å². The summed E-state index contributed by atoms with van der Waals surface area (Å²) in [5, 5.41) is 3.23. The van der Waals surface area contributed by atoms with E-state index in [0.29, 0.717) is 0 Å². The summed E-state index contributed by atoms with van der Waals surface area (Å²) in [6.07, 6.45) is 3.61. The Labute approximate surface area is 146 Å². The molecule has 5 heteroatoms. The van der Waals surface area contributed by atoms with Crippen molar-refractivity contribution in [2.75, 3.05) is 40.8 Å². The number of piperidine rings is 1. The molecule has 1 unspecified atom stereocenters. The molecule has 1 aliphatic rings. The van der Waals surface area contributed by atoms with Gasteiger partial charge < -0.3 is 10.2 Å². The number of likely N-dealkylation sites (N-methyl/N-ethyl adjacent to an activating group) is 1. The first kappa shape index (κ1) is 19.9. The lowest BCUT2D eigenvalue weighted by Crippen LogP contribution is -2.44. The quantitative estimate of drug-likeness (QED) is 0.865. The minimum Gasteiger partial charge on any atom is -0.347 e. The first-order valence-corrected chi connectivity index (χ1v) is 8.28. The standard InChI is InChI=1S/C18H29N3O.ClH/c1-19-12-9-15-10-13-21(14-11-15)17(18(22)20(2)3)16-7-5-4-6-8-16;/h4-8,15,17,19H,9-14H2,1-3H3;1H. The van der Waals surface area contributed by atoms with Crippen molar-refractivity contribution in [3.8, 4) is 0 Å². The topological polar surface area (TPSA) is 35.6 Å². The normalized spacial score (nSPS) is 17.3. The fraction of sp³-hybridized carbons (Fsp3) is 0.611. The minimum atomic E-state index is -0.138. The van der Waals surface area contributed by atoms with E-state index in [1.54, 1.807) is 4.90 Å². The zero-order chi connectivity index (χ0) is 15.9.